The highest BCUT2D eigenvalue weighted by Crippen LogP contribution is 2.25. The van der Waals surface area contributed by atoms with E-state index in [0.29, 0.717) is 6.61 Å². The Hall–Kier alpha value is -1.69. The smallest absolute Gasteiger partial charge is 0.233 e. The standard InChI is InChI=1S/C13H17N3O2S/c1-4-18-9-5-6-10-11(7-9)16-13(15-10)19-8(2)12(17)14-3/h5-8H,4H2,1-3H3,(H,14,17)(H,15,16). The van der Waals surface area contributed by atoms with Crippen LogP contribution >= 0.6 is 11.8 Å². The number of amides is 1. The summed E-state index contributed by atoms with van der Waals surface area (Å²) in [5.74, 6) is 0.801. The van der Waals surface area contributed by atoms with Crippen molar-refractivity contribution in [2.24, 2.45) is 0 Å². The van der Waals surface area contributed by atoms with Gasteiger partial charge < -0.3 is 15.0 Å². The summed E-state index contributed by atoms with van der Waals surface area (Å²) in [6, 6.07) is 5.72. The third-order valence-electron chi connectivity index (χ3n) is 2.65. The molecule has 2 rings (SSSR count). The highest BCUT2D eigenvalue weighted by molar-refractivity contribution is 8.00. The van der Waals surface area contributed by atoms with Crippen LogP contribution < -0.4 is 10.1 Å². The summed E-state index contributed by atoms with van der Waals surface area (Å²) >= 11 is 1.40. The van der Waals surface area contributed by atoms with Crippen molar-refractivity contribution in [1.82, 2.24) is 15.3 Å². The van der Waals surface area contributed by atoms with E-state index in [1.165, 1.54) is 11.8 Å². The van der Waals surface area contributed by atoms with Gasteiger partial charge in [-0.1, -0.05) is 11.8 Å². The number of fused-ring (bicyclic) bond motifs is 1. The molecule has 0 spiro atoms. The average Bonchev–Trinajstić information content (AvgIpc) is 2.79. The van der Waals surface area contributed by atoms with Crippen LogP contribution in [0.4, 0.5) is 0 Å². The van der Waals surface area contributed by atoms with Crippen LogP contribution in [-0.2, 0) is 4.79 Å². The molecule has 2 aromatic rings. The molecule has 0 aliphatic carbocycles. The lowest BCUT2D eigenvalue weighted by Crippen LogP contribution is -2.27. The number of H-pyrrole nitrogens is 1. The van der Waals surface area contributed by atoms with E-state index in [2.05, 4.69) is 15.3 Å². The summed E-state index contributed by atoms with van der Waals surface area (Å²) in [6.07, 6.45) is 0. The molecule has 0 saturated heterocycles. The molecule has 1 aromatic carbocycles. The molecule has 6 heteroatoms. The Bertz CT molecular complexity index is 582. The van der Waals surface area contributed by atoms with Crippen molar-refractivity contribution in [1.29, 1.82) is 0 Å². The Kier molecular flexibility index (Phi) is 4.31. The number of aromatic nitrogens is 2. The van der Waals surface area contributed by atoms with Crippen molar-refractivity contribution in [3.05, 3.63) is 18.2 Å². The molecule has 1 heterocycles. The fourth-order valence-electron chi connectivity index (χ4n) is 1.70. The van der Waals surface area contributed by atoms with Gasteiger partial charge in [-0.15, -0.1) is 0 Å². The van der Waals surface area contributed by atoms with Gasteiger partial charge in [-0.05, 0) is 26.0 Å². The Morgan fingerprint density at radius 3 is 3.05 bits per heavy atom. The first-order valence-corrected chi connectivity index (χ1v) is 7.02. The van der Waals surface area contributed by atoms with Crippen LogP contribution in [-0.4, -0.2) is 34.8 Å². The second-order valence-electron chi connectivity index (χ2n) is 4.03. The summed E-state index contributed by atoms with van der Waals surface area (Å²) in [4.78, 5) is 19.1. The molecule has 0 fully saturated rings. The third kappa shape index (κ3) is 3.20. The predicted octanol–water partition coefficient (Wildman–Crippen LogP) is 2.19. The number of carbonyl (C=O) groups excluding carboxylic acids is 1. The molecule has 0 aliphatic rings. The molecule has 2 N–H and O–H groups in total. The lowest BCUT2D eigenvalue weighted by Gasteiger charge is -2.06. The van der Waals surface area contributed by atoms with Crippen molar-refractivity contribution in [3.63, 3.8) is 0 Å². The SMILES string of the molecule is CCOc1ccc2nc(SC(C)C(=O)NC)[nH]c2c1. The maximum absolute atomic E-state index is 11.5. The minimum absolute atomic E-state index is 0.0135. The molecule has 0 bridgehead atoms. The second kappa shape index (κ2) is 5.97. The number of ether oxygens (including phenoxy) is 1. The van der Waals surface area contributed by atoms with Crippen LogP contribution in [0, 0.1) is 0 Å². The van der Waals surface area contributed by atoms with Crippen LogP contribution in [0.5, 0.6) is 5.75 Å². The summed E-state index contributed by atoms with van der Waals surface area (Å²) in [6.45, 7) is 4.43. The molecular formula is C13H17N3O2S. The Labute approximate surface area is 116 Å². The number of nitrogens with zero attached hydrogens (tertiary/aromatic N) is 1. The number of hydrogen-bond acceptors (Lipinski definition) is 4. The van der Waals surface area contributed by atoms with Gasteiger partial charge in [0.25, 0.3) is 0 Å². The normalized spacial score (nSPS) is 12.4. The van der Waals surface area contributed by atoms with Crippen molar-refractivity contribution < 1.29 is 9.53 Å². The zero-order valence-electron chi connectivity index (χ0n) is 11.2. The van der Waals surface area contributed by atoms with Gasteiger partial charge in [0.2, 0.25) is 5.91 Å². The van der Waals surface area contributed by atoms with Gasteiger partial charge in [-0.3, -0.25) is 4.79 Å². The maximum Gasteiger partial charge on any atom is 0.233 e. The average molecular weight is 279 g/mol. The monoisotopic (exact) mass is 279 g/mol. The van der Waals surface area contributed by atoms with E-state index in [9.17, 15) is 4.79 Å². The number of imidazole rings is 1. The zero-order valence-corrected chi connectivity index (χ0v) is 12.0. The predicted molar refractivity (Wildman–Crippen MR) is 76.6 cm³/mol. The number of rotatable bonds is 5. The fourth-order valence-corrected chi connectivity index (χ4v) is 2.58. The lowest BCUT2D eigenvalue weighted by atomic mass is 10.3. The first-order valence-electron chi connectivity index (χ1n) is 6.15. The second-order valence-corrected chi connectivity index (χ2v) is 5.36. The number of thioether (sulfide) groups is 1. The quantitative estimate of drug-likeness (QED) is 0.823. The molecule has 0 aliphatic heterocycles. The molecule has 5 nitrogen and oxygen atoms in total. The van der Waals surface area contributed by atoms with E-state index in [4.69, 9.17) is 4.74 Å². The van der Waals surface area contributed by atoms with Crippen molar-refractivity contribution >= 4 is 28.7 Å². The van der Waals surface area contributed by atoms with Gasteiger partial charge in [0.1, 0.15) is 5.75 Å². The van der Waals surface area contributed by atoms with Crippen molar-refractivity contribution in [2.45, 2.75) is 24.3 Å². The fraction of sp³-hybridized carbons (Fsp3) is 0.385. The Morgan fingerprint density at radius 2 is 2.37 bits per heavy atom. The molecule has 102 valence electrons. The van der Waals surface area contributed by atoms with Crippen LogP contribution in [0.2, 0.25) is 0 Å². The molecule has 1 aromatic heterocycles. The van der Waals surface area contributed by atoms with E-state index in [1.54, 1.807) is 7.05 Å². The molecule has 1 unspecified atom stereocenters. The molecular weight excluding hydrogens is 262 g/mol. The first kappa shape index (κ1) is 13.7. The number of aromatic amines is 1. The van der Waals surface area contributed by atoms with Crippen LogP contribution in [0.25, 0.3) is 11.0 Å². The Morgan fingerprint density at radius 1 is 1.58 bits per heavy atom. The zero-order chi connectivity index (χ0) is 13.8. The highest BCUT2D eigenvalue weighted by atomic mass is 32.2. The number of carbonyl (C=O) groups is 1. The third-order valence-corrected chi connectivity index (χ3v) is 3.63. The van der Waals surface area contributed by atoms with Crippen LogP contribution in [0.15, 0.2) is 23.4 Å². The molecule has 0 radical (unpaired) electrons. The molecule has 1 amide bonds. The maximum atomic E-state index is 11.5. The van der Waals surface area contributed by atoms with Gasteiger partial charge in [0.15, 0.2) is 5.16 Å². The summed E-state index contributed by atoms with van der Waals surface area (Å²) in [5, 5.41) is 3.18. The lowest BCUT2D eigenvalue weighted by molar-refractivity contribution is -0.119. The molecule has 0 saturated carbocycles. The number of benzene rings is 1. The number of hydrogen-bond donors (Lipinski definition) is 2. The van der Waals surface area contributed by atoms with Gasteiger partial charge >= 0.3 is 0 Å². The van der Waals surface area contributed by atoms with Gasteiger partial charge in [0.05, 0.1) is 22.9 Å². The summed E-state index contributed by atoms with van der Waals surface area (Å²) < 4.78 is 5.44. The Balaban J connectivity index is 2.19. The van der Waals surface area contributed by atoms with Crippen molar-refractivity contribution in [2.75, 3.05) is 13.7 Å². The largest absolute Gasteiger partial charge is 0.494 e. The highest BCUT2D eigenvalue weighted by Gasteiger charge is 2.15. The summed E-state index contributed by atoms with van der Waals surface area (Å²) in [7, 11) is 1.63. The minimum Gasteiger partial charge on any atom is -0.494 e. The van der Waals surface area contributed by atoms with Crippen LogP contribution in [0.1, 0.15) is 13.8 Å². The van der Waals surface area contributed by atoms with Crippen molar-refractivity contribution in [3.8, 4) is 5.75 Å². The van der Waals surface area contributed by atoms with Gasteiger partial charge in [-0.2, -0.15) is 0 Å². The van der Waals surface area contributed by atoms with E-state index < -0.39 is 0 Å². The van der Waals surface area contributed by atoms with Gasteiger partial charge in [-0.25, -0.2) is 4.98 Å². The number of nitrogens with one attached hydrogen (secondary N) is 2. The molecule has 19 heavy (non-hydrogen) atoms. The van der Waals surface area contributed by atoms with Gasteiger partial charge in [0, 0.05) is 13.1 Å². The first-order chi connectivity index (χ1) is 9.13. The summed E-state index contributed by atoms with van der Waals surface area (Å²) in [5.41, 5.74) is 1.78. The van der Waals surface area contributed by atoms with E-state index >= 15 is 0 Å². The van der Waals surface area contributed by atoms with E-state index in [0.717, 1.165) is 21.9 Å². The molecule has 1 atom stereocenters. The van der Waals surface area contributed by atoms with Crippen LogP contribution in [0.3, 0.4) is 0 Å². The van der Waals surface area contributed by atoms with E-state index in [1.807, 2.05) is 32.0 Å². The van der Waals surface area contributed by atoms with E-state index in [-0.39, 0.29) is 11.2 Å². The topological polar surface area (TPSA) is 67.0 Å². The minimum atomic E-state index is -0.183.